The molecule has 0 spiro atoms. The highest BCUT2D eigenvalue weighted by molar-refractivity contribution is 5.80. The minimum Gasteiger partial charge on any atom is -0.459 e. The average Bonchev–Trinajstić information content (AvgIpc) is 0.807. The predicted octanol–water partition coefficient (Wildman–Crippen LogP) is 27.8. The number of rotatable bonds is 36. The van der Waals surface area contributed by atoms with Crippen LogP contribution in [0.1, 0.15) is 490 Å². The zero-order valence-corrected chi connectivity index (χ0v) is 101. The van der Waals surface area contributed by atoms with Gasteiger partial charge in [-0.05, 0) is 283 Å². The van der Waals surface area contributed by atoms with Crippen molar-refractivity contribution in [3.8, 4) is 0 Å². The minimum atomic E-state index is -0.506. The number of hydrogen-bond donors (Lipinski definition) is 0. The van der Waals surface area contributed by atoms with Crippen LogP contribution in [-0.2, 0) is 85.6 Å². The highest BCUT2D eigenvalue weighted by atomic mass is 16.6. The number of ether oxygens (including phenoxy) is 12. The molecule has 0 aromatic carbocycles. The molecule has 0 atom stereocenters. The number of likely N-dealkylation sites (tertiary alicyclic amines) is 6. The molecule has 30 nitrogen and oxygen atoms in total. The van der Waals surface area contributed by atoms with E-state index in [0.29, 0.717) is 156 Å². The molecule has 0 bridgehead atoms. The highest BCUT2D eigenvalue weighted by Crippen LogP contribution is 2.42. The van der Waals surface area contributed by atoms with E-state index < -0.39 is 88.5 Å². The molecular weight excluding hydrogens is 1860 g/mol. The van der Waals surface area contributed by atoms with Gasteiger partial charge in [0.1, 0.15) is 67.2 Å². The third-order valence-electron chi connectivity index (χ3n) is 32.4. The molecule has 6 aliphatic rings. The molecule has 6 saturated heterocycles. The molecule has 0 N–H and O–H groups in total. The number of amides is 6. The molecule has 6 aliphatic heterocycles. The number of nitrogens with zero attached hydrogens (tertiary/aromatic N) is 6. The van der Waals surface area contributed by atoms with Crippen molar-refractivity contribution < 1.29 is 114 Å². The number of esters is 6. The lowest BCUT2D eigenvalue weighted by Gasteiger charge is -2.41. The summed E-state index contributed by atoms with van der Waals surface area (Å²) < 4.78 is 68.8. The van der Waals surface area contributed by atoms with Gasteiger partial charge in [-0.15, -0.1) is 0 Å². The summed E-state index contributed by atoms with van der Waals surface area (Å²) in [4.78, 5) is 159. The first-order chi connectivity index (χ1) is 66.7. The topological polar surface area (TPSA) is 335 Å². The molecule has 6 amide bonds. The van der Waals surface area contributed by atoms with Gasteiger partial charge in [0.05, 0.1) is 32.5 Å². The summed E-state index contributed by atoms with van der Waals surface area (Å²) in [7, 11) is 0. The lowest BCUT2D eigenvalue weighted by atomic mass is 9.87. The normalized spacial score (nSPS) is 18.2. The molecule has 852 valence electrons. The van der Waals surface area contributed by atoms with Gasteiger partial charge < -0.3 is 86.2 Å². The minimum absolute atomic E-state index is 0.151. The van der Waals surface area contributed by atoms with Crippen LogP contribution in [0.5, 0.6) is 0 Å². The summed E-state index contributed by atoms with van der Waals surface area (Å²) in [6.07, 6.45) is 21.4. The van der Waals surface area contributed by atoms with Gasteiger partial charge in [0.15, 0.2) is 0 Å². The number of carbonyl (C=O) groups is 12. The van der Waals surface area contributed by atoms with Gasteiger partial charge in [0, 0.05) is 156 Å². The summed E-state index contributed by atoms with van der Waals surface area (Å²) in [6, 6.07) is 0. The van der Waals surface area contributed by atoms with Gasteiger partial charge in [0.25, 0.3) is 0 Å². The van der Waals surface area contributed by atoms with Crippen molar-refractivity contribution in [1.29, 1.82) is 0 Å². The Bertz CT molecular complexity index is 4020. The second kappa shape index (κ2) is 57.2. The fraction of sp³-hybridized carbons (Fsp3) is 0.897. The van der Waals surface area contributed by atoms with Crippen molar-refractivity contribution in [1.82, 2.24) is 29.4 Å². The maximum Gasteiger partial charge on any atom is 0.410 e. The van der Waals surface area contributed by atoms with Crippen LogP contribution in [0.2, 0.25) is 0 Å². The van der Waals surface area contributed by atoms with Crippen molar-refractivity contribution in [3.63, 3.8) is 0 Å². The number of carbonyl (C=O) groups excluding carboxylic acids is 12. The van der Waals surface area contributed by atoms with Crippen molar-refractivity contribution in [2.45, 2.75) is 558 Å². The van der Waals surface area contributed by atoms with E-state index in [9.17, 15) is 57.5 Å². The number of hydrogen-bond acceptors (Lipinski definition) is 24. The quantitative estimate of drug-likeness (QED) is 0.0415. The van der Waals surface area contributed by atoms with Crippen LogP contribution in [0.3, 0.4) is 0 Å². The van der Waals surface area contributed by atoms with Gasteiger partial charge in [-0.3, -0.25) is 28.8 Å². The van der Waals surface area contributed by atoms with Crippen LogP contribution in [0.25, 0.3) is 0 Å². The van der Waals surface area contributed by atoms with E-state index in [1.807, 2.05) is 249 Å². The molecule has 6 heterocycles. The first kappa shape index (κ1) is 136. The molecule has 0 saturated carbocycles. The lowest BCUT2D eigenvalue weighted by Crippen LogP contribution is -2.50. The molecule has 0 aliphatic carbocycles. The van der Waals surface area contributed by atoms with E-state index in [4.69, 9.17) is 56.8 Å². The second-order valence-corrected chi connectivity index (χ2v) is 50.8. The van der Waals surface area contributed by atoms with Crippen LogP contribution < -0.4 is 0 Å². The van der Waals surface area contributed by atoms with Crippen LogP contribution >= 0.6 is 0 Å². The SMILES string of the molecule is CCC(C)(C)C(=O)OC1(C)CCN(C(=O)OC(C)(C)C(C)C)CC1.CCC(C)(C)C(=O)OC1(C)CCN(C(=O)OC(C)(C)C)CC1.CCC(C)(C)OC(=O)N1CCC(C)(OC(=O)C(C)(C)CC)CC1.CCC(CC)(CC)OC(=O)N1CCC(C)(OC(=O)C(C)(C)CC)CC1.CCCC(C)(C)OC(=O)N1CCC(C)(OC(=O)C(C)(C)CC)CC1.CCCC(CCC)(CCC)OC(=O)N1CCC(C)(OC(=O)C(C)(C)CC)CC1. The Hall–Kier alpha value is -7.56. The number of piperidine rings is 6. The van der Waals surface area contributed by atoms with Gasteiger partial charge in [-0.2, -0.15) is 0 Å². The van der Waals surface area contributed by atoms with Crippen LogP contribution in [0, 0.1) is 38.4 Å². The Labute approximate surface area is 886 Å². The van der Waals surface area contributed by atoms with E-state index in [2.05, 4.69) is 48.5 Å². The first-order valence-corrected chi connectivity index (χ1v) is 56.0. The standard InChI is InChI=1S/C23H43NO4.C20H37NO4.2C19H35NO4.C18H33NO4.C17H31NO4/c1-8-12-23(13-9-2,14-10-3)28-20(26)24-17-15-22(7,16-18-24)27-19(25)21(5,6)11-4;1-8-18(5,6)16(22)24-19(7)12-14-21(15-13-19)17(23)25-20(9-2,10-3)11-4;1-9-17(4,5)15(21)23-19(8)10-12-20(13-11-19)16(22)24-18(6,7)14(2)3;1-8-10-18(5,6)24-16(22)20-13-11-19(7,12-14-20)23-15(21)17(3,4)9-2;1-8-16(3,4)14(20)22-18(7)10-12-19(13-11-18)15(21)23-17(5,6)9-2;1-8-16(5,6)13(19)21-17(7)9-11-18(12-10-17)14(20)22-15(2,3)4/h8-18H2,1-7H3;8-15H2,1-7H3;14H,9-13H2,1-8H3;8-14H2,1-7H3;8-13H2,1-7H3;8-12H2,1-7H3. The molecule has 6 fully saturated rings. The fourth-order valence-corrected chi connectivity index (χ4v) is 16.0. The highest BCUT2D eigenvalue weighted by Gasteiger charge is 2.49. The molecule has 0 aromatic heterocycles. The van der Waals surface area contributed by atoms with E-state index in [-0.39, 0.29) is 89.5 Å². The Balaban J connectivity index is 0.000000877. The Kier molecular flexibility index (Phi) is 53.5. The van der Waals surface area contributed by atoms with E-state index >= 15 is 0 Å². The summed E-state index contributed by atoms with van der Waals surface area (Å²) in [5.74, 6) is -0.712. The first-order valence-electron chi connectivity index (χ1n) is 56.0. The maximum absolute atomic E-state index is 12.9. The summed E-state index contributed by atoms with van der Waals surface area (Å²) >= 11 is 0. The van der Waals surface area contributed by atoms with Crippen molar-refractivity contribution in [2.75, 3.05) is 78.5 Å². The third-order valence-corrected chi connectivity index (χ3v) is 32.4. The monoisotopic (exact) mass is 2080 g/mol. The van der Waals surface area contributed by atoms with Gasteiger partial charge >= 0.3 is 72.4 Å². The Morgan fingerprint density at radius 2 is 0.390 bits per heavy atom. The smallest absolute Gasteiger partial charge is 0.410 e. The molecule has 0 radical (unpaired) electrons. The largest absolute Gasteiger partial charge is 0.459 e. The third kappa shape index (κ3) is 44.8. The Morgan fingerprint density at radius 3 is 0.555 bits per heavy atom. The van der Waals surface area contributed by atoms with Crippen molar-refractivity contribution >= 4 is 72.4 Å². The second-order valence-electron chi connectivity index (χ2n) is 50.8. The average molecular weight is 2080 g/mol. The van der Waals surface area contributed by atoms with Gasteiger partial charge in [-0.25, -0.2) is 28.8 Å². The van der Waals surface area contributed by atoms with Crippen LogP contribution in [-0.4, -0.2) is 248 Å². The molecular formula is C116H214N6O24. The van der Waals surface area contributed by atoms with E-state index in [1.165, 1.54) is 0 Å². The zero-order chi connectivity index (χ0) is 113. The zero-order valence-electron chi connectivity index (χ0n) is 101. The van der Waals surface area contributed by atoms with E-state index in [0.717, 1.165) is 116 Å². The van der Waals surface area contributed by atoms with Crippen LogP contribution in [0.15, 0.2) is 0 Å². The van der Waals surface area contributed by atoms with Gasteiger partial charge in [-0.1, -0.05) is 136 Å². The fourth-order valence-electron chi connectivity index (χ4n) is 16.0. The summed E-state index contributed by atoms with van der Waals surface area (Å²) in [5, 5.41) is 0. The van der Waals surface area contributed by atoms with Crippen molar-refractivity contribution in [3.05, 3.63) is 0 Å². The molecule has 146 heavy (non-hydrogen) atoms. The van der Waals surface area contributed by atoms with Gasteiger partial charge in [0.2, 0.25) is 0 Å². The molecule has 6 rings (SSSR count). The summed E-state index contributed by atoms with van der Waals surface area (Å²) in [6.45, 7) is 91.1. The Morgan fingerprint density at radius 1 is 0.219 bits per heavy atom. The molecule has 0 unspecified atom stereocenters. The lowest BCUT2D eigenvalue weighted by molar-refractivity contribution is -0.174. The van der Waals surface area contributed by atoms with Crippen LogP contribution in [0.4, 0.5) is 28.8 Å². The predicted molar refractivity (Wildman–Crippen MR) is 578 cm³/mol. The summed E-state index contributed by atoms with van der Waals surface area (Å²) in [5.41, 5.74) is -8.41. The van der Waals surface area contributed by atoms with E-state index in [1.54, 1.807) is 29.4 Å². The molecule has 0 aromatic rings. The van der Waals surface area contributed by atoms with Crippen molar-refractivity contribution in [2.24, 2.45) is 38.4 Å². The maximum atomic E-state index is 12.9. The molecule has 30 heteroatoms.